The third-order valence-corrected chi connectivity index (χ3v) is 4.34. The van der Waals surface area contributed by atoms with Gasteiger partial charge in [-0.25, -0.2) is 4.79 Å². The normalized spacial score (nSPS) is 18.9. The van der Waals surface area contributed by atoms with Crippen molar-refractivity contribution in [3.05, 3.63) is 64.7 Å². The molecule has 1 aliphatic rings. The number of hydrogen-bond acceptors (Lipinski definition) is 3. The molecule has 1 aliphatic carbocycles. The van der Waals surface area contributed by atoms with Crippen molar-refractivity contribution in [2.75, 3.05) is 0 Å². The lowest BCUT2D eigenvalue weighted by Gasteiger charge is -2.19. The lowest BCUT2D eigenvalue weighted by Crippen LogP contribution is -2.34. The number of carbonyl (C=O) groups is 1. The Labute approximate surface area is 159 Å². The van der Waals surface area contributed by atoms with Gasteiger partial charge in [-0.1, -0.05) is 48.0 Å². The summed E-state index contributed by atoms with van der Waals surface area (Å²) in [4.78, 5) is 12.0. The van der Waals surface area contributed by atoms with Crippen molar-refractivity contribution in [2.45, 2.75) is 51.4 Å². The number of nitrogens with one attached hydrogen (secondary N) is 1. The van der Waals surface area contributed by atoms with Crippen molar-refractivity contribution in [3.63, 3.8) is 0 Å². The standard InChI is InChI=1S/C21H24ClNO3/c1-21(2,3)26-20(24)23-18-12-17(18)16-10-9-15(22)11-19(16)25-13-14-7-5-4-6-8-14/h4-11,17-18H,12-13H2,1-3H3,(H,23,24)/t17-,18+/m0/s1. The van der Waals surface area contributed by atoms with Crippen LogP contribution in [0.1, 0.15) is 44.2 Å². The minimum Gasteiger partial charge on any atom is -0.489 e. The molecule has 5 heteroatoms. The van der Waals surface area contributed by atoms with Crippen molar-refractivity contribution in [1.29, 1.82) is 0 Å². The Hall–Kier alpha value is -2.20. The van der Waals surface area contributed by atoms with E-state index in [4.69, 9.17) is 21.1 Å². The Kier molecular flexibility index (Phi) is 5.42. The molecule has 0 saturated heterocycles. The number of alkyl carbamates (subject to hydrolysis) is 1. The largest absolute Gasteiger partial charge is 0.489 e. The van der Waals surface area contributed by atoms with E-state index in [9.17, 15) is 4.79 Å². The first-order chi connectivity index (χ1) is 12.3. The minimum atomic E-state index is -0.501. The van der Waals surface area contributed by atoms with E-state index < -0.39 is 5.60 Å². The summed E-state index contributed by atoms with van der Waals surface area (Å²) in [6.45, 7) is 6.04. The molecule has 1 amide bonds. The Morgan fingerprint density at radius 1 is 1.19 bits per heavy atom. The van der Waals surface area contributed by atoms with Crippen LogP contribution in [0.4, 0.5) is 4.79 Å². The van der Waals surface area contributed by atoms with Gasteiger partial charge in [0.1, 0.15) is 18.0 Å². The highest BCUT2D eigenvalue weighted by molar-refractivity contribution is 6.30. The van der Waals surface area contributed by atoms with Gasteiger partial charge in [-0.2, -0.15) is 0 Å². The van der Waals surface area contributed by atoms with E-state index in [1.807, 2.05) is 69.3 Å². The topological polar surface area (TPSA) is 47.6 Å². The molecular formula is C21H24ClNO3. The molecule has 26 heavy (non-hydrogen) atoms. The molecule has 0 unspecified atom stereocenters. The van der Waals surface area contributed by atoms with Gasteiger partial charge in [-0.05, 0) is 50.5 Å². The Balaban J connectivity index is 1.64. The van der Waals surface area contributed by atoms with Gasteiger partial charge >= 0.3 is 6.09 Å². The van der Waals surface area contributed by atoms with Gasteiger partial charge in [0, 0.05) is 17.0 Å². The number of ether oxygens (including phenoxy) is 2. The summed E-state index contributed by atoms with van der Waals surface area (Å²) in [5.74, 6) is 0.977. The van der Waals surface area contributed by atoms with Crippen LogP contribution in [0.2, 0.25) is 5.02 Å². The zero-order valence-electron chi connectivity index (χ0n) is 15.3. The van der Waals surface area contributed by atoms with E-state index in [2.05, 4.69) is 5.32 Å². The third kappa shape index (κ3) is 5.15. The molecule has 2 aromatic rings. The quantitative estimate of drug-likeness (QED) is 0.773. The van der Waals surface area contributed by atoms with E-state index >= 15 is 0 Å². The first-order valence-corrected chi connectivity index (χ1v) is 9.15. The average Bonchev–Trinajstić information content (AvgIpc) is 3.31. The van der Waals surface area contributed by atoms with Crippen LogP contribution in [0.15, 0.2) is 48.5 Å². The first kappa shape index (κ1) is 18.6. The van der Waals surface area contributed by atoms with Crippen LogP contribution in [0.3, 0.4) is 0 Å². The molecule has 1 saturated carbocycles. The monoisotopic (exact) mass is 373 g/mol. The third-order valence-electron chi connectivity index (χ3n) is 4.10. The van der Waals surface area contributed by atoms with E-state index in [0.29, 0.717) is 11.6 Å². The number of amides is 1. The summed E-state index contributed by atoms with van der Waals surface area (Å²) in [6.07, 6.45) is 0.480. The lowest BCUT2D eigenvalue weighted by atomic mass is 10.1. The molecule has 1 fully saturated rings. The molecule has 0 spiro atoms. The van der Waals surface area contributed by atoms with Gasteiger partial charge in [-0.15, -0.1) is 0 Å². The predicted molar refractivity (Wildman–Crippen MR) is 103 cm³/mol. The maximum Gasteiger partial charge on any atom is 0.407 e. The first-order valence-electron chi connectivity index (χ1n) is 8.77. The second-order valence-corrected chi connectivity index (χ2v) is 7.99. The number of hydrogen-bond donors (Lipinski definition) is 1. The van der Waals surface area contributed by atoms with Crippen LogP contribution < -0.4 is 10.1 Å². The maximum absolute atomic E-state index is 12.0. The van der Waals surface area contributed by atoms with Crippen molar-refractivity contribution in [1.82, 2.24) is 5.32 Å². The van der Waals surface area contributed by atoms with E-state index in [-0.39, 0.29) is 18.1 Å². The molecule has 3 rings (SSSR count). The van der Waals surface area contributed by atoms with E-state index in [0.717, 1.165) is 23.3 Å². The van der Waals surface area contributed by atoms with Gasteiger partial charge < -0.3 is 14.8 Å². The highest BCUT2D eigenvalue weighted by atomic mass is 35.5. The van der Waals surface area contributed by atoms with Crippen molar-refractivity contribution < 1.29 is 14.3 Å². The summed E-state index contributed by atoms with van der Waals surface area (Å²) >= 11 is 6.15. The SMILES string of the molecule is CC(C)(C)OC(=O)N[C@@H]1C[C@H]1c1ccc(Cl)cc1OCc1ccccc1. The molecule has 138 valence electrons. The maximum atomic E-state index is 12.0. The number of halogens is 1. The summed E-state index contributed by atoms with van der Waals surface area (Å²) in [5, 5.41) is 3.56. The van der Waals surface area contributed by atoms with Gasteiger partial charge in [-0.3, -0.25) is 0 Å². The minimum absolute atomic E-state index is 0.0603. The van der Waals surface area contributed by atoms with Gasteiger partial charge in [0.2, 0.25) is 0 Å². The summed E-state index contributed by atoms with van der Waals surface area (Å²) in [6, 6.07) is 15.7. The second-order valence-electron chi connectivity index (χ2n) is 7.55. The van der Waals surface area contributed by atoms with Gasteiger partial charge in [0.15, 0.2) is 0 Å². The van der Waals surface area contributed by atoms with Gasteiger partial charge in [0.05, 0.1) is 0 Å². The molecule has 0 bridgehead atoms. The second kappa shape index (κ2) is 7.58. The Morgan fingerprint density at radius 2 is 1.92 bits per heavy atom. The van der Waals surface area contributed by atoms with Crippen LogP contribution in [-0.2, 0) is 11.3 Å². The Morgan fingerprint density at radius 3 is 2.62 bits per heavy atom. The predicted octanol–water partition coefficient (Wildman–Crippen LogP) is 5.30. The van der Waals surface area contributed by atoms with Crippen LogP contribution in [0.25, 0.3) is 0 Å². The molecule has 0 aromatic heterocycles. The molecular weight excluding hydrogens is 350 g/mol. The molecule has 0 radical (unpaired) electrons. The Bertz CT molecular complexity index is 771. The highest BCUT2D eigenvalue weighted by Gasteiger charge is 2.42. The fraction of sp³-hybridized carbons (Fsp3) is 0.381. The van der Waals surface area contributed by atoms with Crippen LogP contribution in [-0.4, -0.2) is 17.7 Å². The molecule has 2 aromatic carbocycles. The molecule has 0 heterocycles. The molecule has 2 atom stereocenters. The lowest BCUT2D eigenvalue weighted by molar-refractivity contribution is 0.0522. The van der Waals surface area contributed by atoms with Crippen molar-refractivity contribution >= 4 is 17.7 Å². The number of carbonyl (C=O) groups excluding carboxylic acids is 1. The smallest absolute Gasteiger partial charge is 0.407 e. The fourth-order valence-corrected chi connectivity index (χ4v) is 2.99. The zero-order valence-corrected chi connectivity index (χ0v) is 16.0. The average molecular weight is 374 g/mol. The van der Waals surface area contributed by atoms with Crippen LogP contribution in [0, 0.1) is 0 Å². The molecule has 4 nitrogen and oxygen atoms in total. The van der Waals surface area contributed by atoms with Crippen LogP contribution >= 0.6 is 11.6 Å². The zero-order chi connectivity index (χ0) is 18.7. The summed E-state index contributed by atoms with van der Waals surface area (Å²) in [5.41, 5.74) is 1.66. The van der Waals surface area contributed by atoms with Gasteiger partial charge in [0.25, 0.3) is 0 Å². The molecule has 0 aliphatic heterocycles. The molecule has 1 N–H and O–H groups in total. The fourth-order valence-electron chi connectivity index (χ4n) is 2.83. The summed E-state index contributed by atoms with van der Waals surface area (Å²) < 4.78 is 11.3. The van der Waals surface area contributed by atoms with Crippen molar-refractivity contribution in [3.8, 4) is 5.75 Å². The van der Waals surface area contributed by atoms with E-state index in [1.165, 1.54) is 0 Å². The summed E-state index contributed by atoms with van der Waals surface area (Å²) in [7, 11) is 0. The van der Waals surface area contributed by atoms with E-state index in [1.54, 1.807) is 0 Å². The van der Waals surface area contributed by atoms with Crippen LogP contribution in [0.5, 0.6) is 5.75 Å². The highest BCUT2D eigenvalue weighted by Crippen LogP contribution is 2.45. The number of benzene rings is 2. The van der Waals surface area contributed by atoms with Crippen molar-refractivity contribution in [2.24, 2.45) is 0 Å². The number of rotatable bonds is 5.